The summed E-state index contributed by atoms with van der Waals surface area (Å²) in [5.41, 5.74) is -0.868. The van der Waals surface area contributed by atoms with Gasteiger partial charge < -0.3 is 10.2 Å². The summed E-state index contributed by atoms with van der Waals surface area (Å²) in [6, 6.07) is 2.95. The van der Waals surface area contributed by atoms with Crippen LogP contribution in [0.2, 0.25) is 0 Å². The van der Waals surface area contributed by atoms with Gasteiger partial charge in [0.2, 0.25) is 15.9 Å². The summed E-state index contributed by atoms with van der Waals surface area (Å²) in [7, 11) is -2.60. The fourth-order valence-corrected chi connectivity index (χ4v) is 2.84. The number of nitrogens with zero attached hydrogens (tertiary/aromatic N) is 1. The smallest absolute Gasteiger partial charge is 0.257 e. The lowest BCUT2D eigenvalue weighted by molar-refractivity contribution is -0.123. The Kier molecular flexibility index (Phi) is 6.67. The van der Waals surface area contributed by atoms with Crippen LogP contribution in [0.15, 0.2) is 23.1 Å². The summed E-state index contributed by atoms with van der Waals surface area (Å²) in [6.45, 7) is 6.96. The molecule has 0 heterocycles. The van der Waals surface area contributed by atoms with E-state index >= 15 is 0 Å². The fourth-order valence-electron chi connectivity index (χ4n) is 2.08. The third-order valence-electron chi connectivity index (χ3n) is 3.27. The first kappa shape index (κ1) is 21.0. The van der Waals surface area contributed by atoms with Gasteiger partial charge in [0.05, 0.1) is 17.0 Å². The standard InChI is InChI=1S/C16H24FN3O4S/c1-6-20(10-14(21)19-16(2,3)4)15(22)12-9-11(7-8-13(12)17)25(23,24)18-5/h7-9,18H,6,10H2,1-5H3,(H,19,21). The van der Waals surface area contributed by atoms with E-state index in [0.717, 1.165) is 23.1 Å². The molecular weight excluding hydrogens is 349 g/mol. The molecule has 2 N–H and O–H groups in total. The zero-order chi connectivity index (χ0) is 19.4. The monoisotopic (exact) mass is 373 g/mol. The van der Waals surface area contributed by atoms with Gasteiger partial charge in [-0.25, -0.2) is 17.5 Å². The molecule has 2 amide bonds. The first-order chi connectivity index (χ1) is 11.4. The Balaban J connectivity index is 3.11. The van der Waals surface area contributed by atoms with Crippen LogP contribution in [0.5, 0.6) is 0 Å². The SMILES string of the molecule is CCN(CC(=O)NC(C)(C)C)C(=O)c1cc(S(=O)(=O)NC)ccc1F. The van der Waals surface area contributed by atoms with Crippen molar-refractivity contribution >= 4 is 21.8 Å². The molecule has 0 radical (unpaired) electrons. The predicted octanol–water partition coefficient (Wildman–Crippen LogP) is 1.11. The Hall–Kier alpha value is -2.00. The molecule has 0 unspecified atom stereocenters. The largest absolute Gasteiger partial charge is 0.350 e. The van der Waals surface area contributed by atoms with E-state index in [0.29, 0.717) is 0 Å². The van der Waals surface area contributed by atoms with Crippen LogP contribution in [0.1, 0.15) is 38.1 Å². The molecule has 7 nitrogen and oxygen atoms in total. The van der Waals surface area contributed by atoms with Crippen LogP contribution in [0, 0.1) is 5.82 Å². The van der Waals surface area contributed by atoms with E-state index in [2.05, 4.69) is 10.0 Å². The number of likely N-dealkylation sites (N-methyl/N-ethyl adjacent to an activating group) is 1. The number of carbonyl (C=O) groups is 2. The van der Waals surface area contributed by atoms with E-state index in [4.69, 9.17) is 0 Å². The van der Waals surface area contributed by atoms with Gasteiger partial charge in [-0.1, -0.05) is 0 Å². The minimum absolute atomic E-state index is 0.166. The lowest BCUT2D eigenvalue weighted by Crippen LogP contribution is -2.47. The number of sulfonamides is 1. The van der Waals surface area contributed by atoms with E-state index in [1.807, 2.05) is 0 Å². The van der Waals surface area contributed by atoms with E-state index in [1.54, 1.807) is 27.7 Å². The minimum Gasteiger partial charge on any atom is -0.350 e. The van der Waals surface area contributed by atoms with Crippen molar-refractivity contribution in [2.75, 3.05) is 20.1 Å². The van der Waals surface area contributed by atoms with Crippen molar-refractivity contribution in [3.8, 4) is 0 Å². The van der Waals surface area contributed by atoms with Gasteiger partial charge in [0, 0.05) is 12.1 Å². The second kappa shape index (κ2) is 7.92. The molecular formula is C16H24FN3O4S. The van der Waals surface area contributed by atoms with Crippen LogP contribution in [0.3, 0.4) is 0 Å². The highest BCUT2D eigenvalue weighted by atomic mass is 32.2. The average molecular weight is 373 g/mol. The first-order valence-corrected chi connectivity index (χ1v) is 9.23. The third kappa shape index (κ3) is 5.79. The van der Waals surface area contributed by atoms with Crippen LogP contribution >= 0.6 is 0 Å². The highest BCUT2D eigenvalue weighted by Crippen LogP contribution is 2.17. The van der Waals surface area contributed by atoms with Crippen LogP contribution in [0.4, 0.5) is 4.39 Å². The lowest BCUT2D eigenvalue weighted by Gasteiger charge is -2.25. The topological polar surface area (TPSA) is 95.6 Å². The van der Waals surface area contributed by atoms with E-state index in [1.165, 1.54) is 7.05 Å². The predicted molar refractivity (Wildman–Crippen MR) is 92.1 cm³/mol. The molecule has 0 saturated heterocycles. The van der Waals surface area contributed by atoms with Crippen LogP contribution in [-0.4, -0.2) is 50.8 Å². The summed E-state index contributed by atoms with van der Waals surface area (Å²) in [5, 5.41) is 2.72. The zero-order valence-corrected chi connectivity index (χ0v) is 15.8. The number of halogens is 1. The van der Waals surface area contributed by atoms with E-state index in [-0.39, 0.29) is 23.9 Å². The maximum atomic E-state index is 14.1. The van der Waals surface area contributed by atoms with Gasteiger partial charge in [0.15, 0.2) is 0 Å². The summed E-state index contributed by atoms with van der Waals surface area (Å²) in [6.07, 6.45) is 0. The number of amides is 2. The van der Waals surface area contributed by atoms with Gasteiger partial charge in [-0.3, -0.25) is 9.59 Å². The molecule has 0 bridgehead atoms. The minimum atomic E-state index is -3.82. The van der Waals surface area contributed by atoms with Crippen LogP contribution < -0.4 is 10.0 Å². The normalized spacial score (nSPS) is 11.9. The van der Waals surface area contributed by atoms with E-state index in [9.17, 15) is 22.4 Å². The molecule has 0 saturated carbocycles. The molecule has 25 heavy (non-hydrogen) atoms. The summed E-state index contributed by atoms with van der Waals surface area (Å²) in [4.78, 5) is 25.5. The quantitative estimate of drug-likeness (QED) is 0.781. The van der Waals surface area contributed by atoms with Crippen molar-refractivity contribution in [2.45, 2.75) is 38.1 Å². The van der Waals surface area contributed by atoms with Crippen LogP contribution in [0.25, 0.3) is 0 Å². The average Bonchev–Trinajstić information content (AvgIpc) is 2.50. The second-order valence-corrected chi connectivity index (χ2v) is 8.35. The van der Waals surface area contributed by atoms with Gasteiger partial charge in [-0.05, 0) is 52.9 Å². The van der Waals surface area contributed by atoms with Gasteiger partial charge in [-0.15, -0.1) is 0 Å². The molecule has 0 aliphatic carbocycles. The first-order valence-electron chi connectivity index (χ1n) is 7.74. The van der Waals surface area contributed by atoms with Crippen molar-refractivity contribution < 1.29 is 22.4 Å². The van der Waals surface area contributed by atoms with Crippen molar-refractivity contribution in [3.63, 3.8) is 0 Å². The Labute approximate surface area is 147 Å². The molecule has 140 valence electrons. The molecule has 0 aliphatic rings. The molecule has 0 aliphatic heterocycles. The molecule has 1 rings (SSSR count). The van der Waals surface area contributed by atoms with Crippen LogP contribution in [-0.2, 0) is 14.8 Å². The molecule has 0 atom stereocenters. The Morgan fingerprint density at radius 1 is 1.24 bits per heavy atom. The highest BCUT2D eigenvalue weighted by molar-refractivity contribution is 7.89. The number of hydrogen-bond donors (Lipinski definition) is 2. The van der Waals surface area contributed by atoms with Gasteiger partial charge in [0.1, 0.15) is 5.82 Å². The Morgan fingerprint density at radius 2 is 1.84 bits per heavy atom. The molecule has 9 heteroatoms. The second-order valence-electron chi connectivity index (χ2n) is 6.47. The molecule has 0 aromatic heterocycles. The van der Waals surface area contributed by atoms with E-state index < -0.39 is 32.9 Å². The summed E-state index contributed by atoms with van der Waals surface area (Å²) in [5.74, 6) is -1.99. The van der Waals surface area contributed by atoms with Crippen molar-refractivity contribution in [1.82, 2.24) is 14.9 Å². The highest BCUT2D eigenvalue weighted by Gasteiger charge is 2.24. The Bertz CT molecular complexity index is 757. The van der Waals surface area contributed by atoms with Gasteiger partial charge >= 0.3 is 0 Å². The van der Waals surface area contributed by atoms with Crippen molar-refractivity contribution in [1.29, 1.82) is 0 Å². The number of rotatable bonds is 6. The number of benzene rings is 1. The lowest BCUT2D eigenvalue weighted by atomic mass is 10.1. The Morgan fingerprint density at radius 3 is 2.32 bits per heavy atom. The number of carbonyl (C=O) groups excluding carboxylic acids is 2. The third-order valence-corrected chi connectivity index (χ3v) is 4.68. The van der Waals surface area contributed by atoms with Gasteiger partial charge in [-0.2, -0.15) is 0 Å². The molecule has 1 aromatic carbocycles. The summed E-state index contributed by atoms with van der Waals surface area (Å²) < 4.78 is 39.8. The van der Waals surface area contributed by atoms with Crippen molar-refractivity contribution in [2.24, 2.45) is 0 Å². The maximum absolute atomic E-state index is 14.1. The van der Waals surface area contributed by atoms with Crippen molar-refractivity contribution in [3.05, 3.63) is 29.6 Å². The number of nitrogens with one attached hydrogen (secondary N) is 2. The molecule has 1 aromatic rings. The zero-order valence-electron chi connectivity index (χ0n) is 15.0. The number of hydrogen-bond acceptors (Lipinski definition) is 4. The maximum Gasteiger partial charge on any atom is 0.257 e. The summed E-state index contributed by atoms with van der Waals surface area (Å²) >= 11 is 0. The molecule has 0 fully saturated rings. The van der Waals surface area contributed by atoms with Gasteiger partial charge in [0.25, 0.3) is 5.91 Å². The molecule has 0 spiro atoms. The fraction of sp³-hybridized carbons (Fsp3) is 0.500.